The van der Waals surface area contributed by atoms with Crippen LogP contribution in [0, 0.1) is 0 Å². The van der Waals surface area contributed by atoms with Gasteiger partial charge in [-0.1, -0.05) is 24.3 Å². The van der Waals surface area contributed by atoms with Gasteiger partial charge in [0.25, 0.3) is 5.91 Å². The average Bonchev–Trinajstić information content (AvgIpc) is 3.24. The lowest BCUT2D eigenvalue weighted by Crippen LogP contribution is -2.38. The Hall–Kier alpha value is -2.40. The Kier molecular flexibility index (Phi) is 3.50. The number of hydrogen-bond donors (Lipinski definition) is 0. The van der Waals surface area contributed by atoms with Gasteiger partial charge in [0.05, 0.1) is 11.8 Å². The number of rotatable bonds is 2. The molecule has 0 spiro atoms. The smallest absolute Gasteiger partial charge is 0.255 e. The van der Waals surface area contributed by atoms with Gasteiger partial charge < -0.3 is 4.90 Å². The van der Waals surface area contributed by atoms with Crippen LogP contribution >= 0.6 is 11.3 Å². The summed E-state index contributed by atoms with van der Waals surface area (Å²) in [5, 5.41) is 8.17. The maximum atomic E-state index is 12.8. The number of fused-ring (bicyclic) bond motifs is 1. The molecule has 0 radical (unpaired) electrons. The van der Waals surface area contributed by atoms with E-state index in [0.717, 1.165) is 11.1 Å². The molecule has 0 unspecified atom stereocenters. The third-order valence-electron chi connectivity index (χ3n) is 4.38. The van der Waals surface area contributed by atoms with E-state index in [9.17, 15) is 4.79 Å². The van der Waals surface area contributed by atoms with E-state index in [4.69, 9.17) is 0 Å². The highest BCUT2D eigenvalue weighted by atomic mass is 32.1. The van der Waals surface area contributed by atoms with Gasteiger partial charge in [0.2, 0.25) is 0 Å². The molecule has 3 aromatic rings. The fourth-order valence-electron chi connectivity index (χ4n) is 3.24. The van der Waals surface area contributed by atoms with E-state index in [1.54, 1.807) is 11.3 Å². The molecule has 4 nitrogen and oxygen atoms in total. The van der Waals surface area contributed by atoms with Crippen LogP contribution in [0.2, 0.25) is 0 Å². The molecular formula is C18H17N3OS. The number of amides is 1. The molecule has 4 rings (SSSR count). The molecule has 0 N–H and O–H groups in total. The monoisotopic (exact) mass is 323 g/mol. The van der Waals surface area contributed by atoms with Crippen molar-refractivity contribution < 1.29 is 4.79 Å². The summed E-state index contributed by atoms with van der Waals surface area (Å²) in [6.45, 7) is 1.36. The molecule has 1 aromatic carbocycles. The first-order valence-corrected chi connectivity index (χ1v) is 8.54. The molecule has 2 aromatic heterocycles. The Balaban J connectivity index is 1.72. The minimum atomic E-state index is 0.106. The van der Waals surface area contributed by atoms with E-state index in [1.807, 2.05) is 51.9 Å². The molecule has 1 atom stereocenters. The summed E-state index contributed by atoms with van der Waals surface area (Å²) in [6.07, 6.45) is 3.94. The Morgan fingerprint density at radius 3 is 2.91 bits per heavy atom. The van der Waals surface area contributed by atoms with Crippen LogP contribution in [0.4, 0.5) is 0 Å². The summed E-state index contributed by atoms with van der Waals surface area (Å²) >= 11 is 1.56. The second kappa shape index (κ2) is 5.66. The van der Waals surface area contributed by atoms with Crippen LogP contribution in [0.1, 0.15) is 33.0 Å². The first-order chi connectivity index (χ1) is 11.2. The molecule has 23 heavy (non-hydrogen) atoms. The average molecular weight is 323 g/mol. The fraction of sp³-hybridized carbons (Fsp3) is 0.222. The van der Waals surface area contributed by atoms with Gasteiger partial charge >= 0.3 is 0 Å². The van der Waals surface area contributed by atoms with E-state index < -0.39 is 0 Å². The molecular weight excluding hydrogens is 306 g/mol. The zero-order valence-electron chi connectivity index (χ0n) is 12.8. The van der Waals surface area contributed by atoms with Crippen LogP contribution in [-0.2, 0) is 13.6 Å². The van der Waals surface area contributed by atoms with E-state index >= 15 is 0 Å². The second-order valence-corrected chi connectivity index (χ2v) is 6.68. The molecule has 0 fully saturated rings. The lowest BCUT2D eigenvalue weighted by atomic mass is 9.86. The minimum Gasteiger partial charge on any atom is -0.333 e. The summed E-state index contributed by atoms with van der Waals surface area (Å²) in [7, 11) is 1.92. The van der Waals surface area contributed by atoms with Gasteiger partial charge in [0, 0.05) is 37.6 Å². The number of aromatic nitrogens is 2. The highest BCUT2D eigenvalue weighted by Crippen LogP contribution is 2.33. The van der Waals surface area contributed by atoms with E-state index in [0.29, 0.717) is 13.1 Å². The van der Waals surface area contributed by atoms with Gasteiger partial charge in [0.15, 0.2) is 0 Å². The fourth-order valence-corrected chi connectivity index (χ4v) is 3.87. The summed E-state index contributed by atoms with van der Waals surface area (Å²) in [5.74, 6) is 0.283. The van der Waals surface area contributed by atoms with Crippen LogP contribution in [0.3, 0.4) is 0 Å². The molecule has 3 heterocycles. The Labute approximate surface area is 139 Å². The minimum absolute atomic E-state index is 0.106. The van der Waals surface area contributed by atoms with E-state index in [2.05, 4.69) is 23.3 Å². The molecule has 0 aliphatic carbocycles. The lowest BCUT2D eigenvalue weighted by Gasteiger charge is -2.34. The summed E-state index contributed by atoms with van der Waals surface area (Å²) < 4.78 is 1.82. The SMILES string of the molecule is Cn1cc([C@H]2CN(C(=O)c3ccsc3)Cc3ccccc32)cn1. The quantitative estimate of drug-likeness (QED) is 0.726. The molecule has 1 aliphatic rings. The number of benzene rings is 1. The number of carbonyl (C=O) groups is 1. The van der Waals surface area contributed by atoms with Crippen LogP contribution in [0.25, 0.3) is 0 Å². The van der Waals surface area contributed by atoms with Crippen LogP contribution < -0.4 is 0 Å². The molecule has 5 heteroatoms. The lowest BCUT2D eigenvalue weighted by molar-refractivity contribution is 0.0725. The highest BCUT2D eigenvalue weighted by Gasteiger charge is 2.30. The Morgan fingerprint density at radius 1 is 1.30 bits per heavy atom. The van der Waals surface area contributed by atoms with Gasteiger partial charge in [-0.05, 0) is 28.1 Å². The van der Waals surface area contributed by atoms with Crippen molar-refractivity contribution in [3.8, 4) is 0 Å². The zero-order valence-corrected chi connectivity index (χ0v) is 13.7. The van der Waals surface area contributed by atoms with Crippen molar-refractivity contribution in [3.63, 3.8) is 0 Å². The van der Waals surface area contributed by atoms with Crippen molar-refractivity contribution in [2.24, 2.45) is 7.05 Å². The van der Waals surface area contributed by atoms with Gasteiger partial charge in [-0.25, -0.2) is 0 Å². The number of nitrogens with zero attached hydrogens (tertiary/aromatic N) is 3. The Morgan fingerprint density at radius 2 is 2.17 bits per heavy atom. The van der Waals surface area contributed by atoms with E-state index in [1.165, 1.54) is 11.1 Å². The topological polar surface area (TPSA) is 38.1 Å². The predicted molar refractivity (Wildman–Crippen MR) is 90.6 cm³/mol. The normalized spacial score (nSPS) is 17.1. The third kappa shape index (κ3) is 2.57. The number of carbonyl (C=O) groups excluding carboxylic acids is 1. The van der Waals surface area contributed by atoms with Crippen molar-refractivity contribution >= 4 is 17.2 Å². The van der Waals surface area contributed by atoms with Crippen molar-refractivity contribution in [1.82, 2.24) is 14.7 Å². The molecule has 0 saturated carbocycles. The van der Waals surface area contributed by atoms with Crippen LogP contribution in [0.15, 0.2) is 53.5 Å². The second-order valence-electron chi connectivity index (χ2n) is 5.90. The maximum absolute atomic E-state index is 12.8. The van der Waals surface area contributed by atoms with Gasteiger partial charge in [-0.2, -0.15) is 16.4 Å². The molecule has 1 aliphatic heterocycles. The van der Waals surface area contributed by atoms with Crippen molar-refractivity contribution in [2.75, 3.05) is 6.54 Å². The highest BCUT2D eigenvalue weighted by molar-refractivity contribution is 7.08. The third-order valence-corrected chi connectivity index (χ3v) is 5.06. The van der Waals surface area contributed by atoms with E-state index in [-0.39, 0.29) is 11.8 Å². The predicted octanol–water partition coefficient (Wildman–Crippen LogP) is 3.27. The summed E-state index contributed by atoms with van der Waals surface area (Å²) in [5.41, 5.74) is 4.45. The van der Waals surface area contributed by atoms with Gasteiger partial charge in [0.1, 0.15) is 0 Å². The van der Waals surface area contributed by atoms with Gasteiger partial charge in [-0.3, -0.25) is 9.48 Å². The molecule has 1 amide bonds. The molecule has 0 bridgehead atoms. The van der Waals surface area contributed by atoms with Crippen molar-refractivity contribution in [1.29, 1.82) is 0 Å². The van der Waals surface area contributed by atoms with Gasteiger partial charge in [-0.15, -0.1) is 0 Å². The number of hydrogen-bond acceptors (Lipinski definition) is 3. The summed E-state index contributed by atoms with van der Waals surface area (Å²) in [6, 6.07) is 10.3. The first-order valence-electron chi connectivity index (χ1n) is 7.60. The summed E-state index contributed by atoms with van der Waals surface area (Å²) in [4.78, 5) is 14.7. The van der Waals surface area contributed by atoms with Crippen molar-refractivity contribution in [2.45, 2.75) is 12.5 Å². The maximum Gasteiger partial charge on any atom is 0.255 e. The van der Waals surface area contributed by atoms with Crippen LogP contribution in [-0.4, -0.2) is 27.1 Å². The number of thiophene rings is 1. The zero-order chi connectivity index (χ0) is 15.8. The molecule has 0 saturated heterocycles. The number of aryl methyl sites for hydroxylation is 1. The van der Waals surface area contributed by atoms with Crippen molar-refractivity contribution in [3.05, 3.63) is 75.7 Å². The Bertz CT molecular complexity index is 838. The largest absolute Gasteiger partial charge is 0.333 e. The first kappa shape index (κ1) is 14.2. The van der Waals surface area contributed by atoms with Crippen LogP contribution in [0.5, 0.6) is 0 Å². The standard InChI is InChI=1S/C18H17N3OS/c1-20-9-15(8-19-20)17-11-21(18(22)14-6-7-23-12-14)10-13-4-2-3-5-16(13)17/h2-9,12,17H,10-11H2,1H3/t17-/m1/s1. The molecule has 116 valence electrons.